The van der Waals surface area contributed by atoms with E-state index in [-0.39, 0.29) is 17.1 Å². The van der Waals surface area contributed by atoms with Crippen molar-refractivity contribution in [2.45, 2.75) is 12.5 Å². The fourth-order valence-electron chi connectivity index (χ4n) is 3.82. The monoisotopic (exact) mass is 397 g/mol. The molecule has 0 fully saturated rings. The molecule has 0 bridgehead atoms. The number of halogens is 1. The van der Waals surface area contributed by atoms with Gasteiger partial charge in [-0.15, -0.1) is 0 Å². The Labute approximate surface area is 168 Å². The molecule has 28 heavy (non-hydrogen) atoms. The molecule has 2 aromatic carbocycles. The van der Waals surface area contributed by atoms with E-state index in [4.69, 9.17) is 16.0 Å². The van der Waals surface area contributed by atoms with Crippen molar-refractivity contribution in [1.82, 2.24) is 4.90 Å². The van der Waals surface area contributed by atoms with Crippen LogP contribution in [0.3, 0.4) is 0 Å². The van der Waals surface area contributed by atoms with Gasteiger partial charge in [0.25, 0.3) is 5.91 Å². The van der Waals surface area contributed by atoms with E-state index >= 15 is 0 Å². The number of carbonyl (C=O) groups excluding carboxylic acids is 1. The topological polar surface area (TPSA) is 55.0 Å². The molecule has 0 radical (unpaired) electrons. The number of benzene rings is 2. The predicted octanol–water partition coefficient (Wildman–Crippen LogP) is 2.53. The second-order valence-electron chi connectivity index (χ2n) is 7.44. The van der Waals surface area contributed by atoms with Gasteiger partial charge in [-0.3, -0.25) is 9.59 Å². The minimum atomic E-state index is -0.487. The molecule has 4 rings (SSSR count). The average molecular weight is 398 g/mol. The summed E-state index contributed by atoms with van der Waals surface area (Å²) in [6, 6.07) is 13.9. The molecular weight excluding hydrogens is 376 g/mol. The number of hydrogen-bond donors (Lipinski definition) is 1. The molecule has 1 N–H and O–H groups in total. The molecule has 144 valence electrons. The summed E-state index contributed by atoms with van der Waals surface area (Å²) in [7, 11) is 4.15. The summed E-state index contributed by atoms with van der Waals surface area (Å²) < 4.78 is 5.91. The lowest BCUT2D eigenvalue weighted by atomic mass is 9.98. The predicted molar refractivity (Wildman–Crippen MR) is 109 cm³/mol. The van der Waals surface area contributed by atoms with Gasteiger partial charge in [-0.25, -0.2) is 0 Å². The highest BCUT2D eigenvalue weighted by atomic mass is 35.5. The summed E-state index contributed by atoms with van der Waals surface area (Å²) in [6.07, 6.45) is 0.826. The second-order valence-corrected chi connectivity index (χ2v) is 7.87. The number of quaternary nitrogens is 1. The first-order valence-corrected chi connectivity index (χ1v) is 9.76. The minimum Gasteiger partial charge on any atom is -0.450 e. The number of nitrogens with zero attached hydrogens (tertiary/aromatic N) is 1. The number of hydrogen-bond acceptors (Lipinski definition) is 3. The molecular formula is C22H22ClN2O3+. The zero-order chi connectivity index (χ0) is 19.8. The SMILES string of the molecule is C[NH+](C)CCCN1C(=O)c2oc3ccccc3c(=O)c2[C@@H]1c1cccc(Cl)c1. The minimum absolute atomic E-state index is 0.144. The van der Waals surface area contributed by atoms with E-state index in [1.54, 1.807) is 35.2 Å². The van der Waals surface area contributed by atoms with Crippen molar-refractivity contribution in [3.63, 3.8) is 0 Å². The van der Waals surface area contributed by atoms with Gasteiger partial charge in [0.1, 0.15) is 5.58 Å². The molecule has 0 unspecified atom stereocenters. The number of carbonyl (C=O) groups is 1. The number of rotatable bonds is 5. The van der Waals surface area contributed by atoms with Gasteiger partial charge in [0.05, 0.1) is 37.6 Å². The van der Waals surface area contributed by atoms with Crippen LogP contribution in [-0.2, 0) is 0 Å². The van der Waals surface area contributed by atoms with Crippen LogP contribution in [0, 0.1) is 0 Å². The van der Waals surface area contributed by atoms with E-state index < -0.39 is 6.04 Å². The lowest BCUT2D eigenvalue weighted by Gasteiger charge is -2.25. The average Bonchev–Trinajstić information content (AvgIpc) is 2.94. The zero-order valence-electron chi connectivity index (χ0n) is 15.9. The normalized spacial score (nSPS) is 16.2. The summed E-state index contributed by atoms with van der Waals surface area (Å²) in [5.74, 6) is -0.0949. The van der Waals surface area contributed by atoms with Crippen LogP contribution in [0.2, 0.25) is 5.02 Å². The van der Waals surface area contributed by atoms with E-state index in [0.717, 1.165) is 18.5 Å². The van der Waals surface area contributed by atoms with Gasteiger partial charge in [0, 0.05) is 18.0 Å². The van der Waals surface area contributed by atoms with Gasteiger partial charge in [0.2, 0.25) is 5.76 Å². The van der Waals surface area contributed by atoms with Gasteiger partial charge in [-0.1, -0.05) is 35.9 Å². The standard InChI is InChI=1S/C22H21ClN2O3/c1-24(2)11-6-12-25-19(14-7-5-8-15(23)13-14)18-20(26)16-9-3-4-10-17(16)28-21(18)22(25)27/h3-5,7-10,13,19H,6,11-12H2,1-2H3/p+1/t19-/m0/s1. The van der Waals surface area contributed by atoms with Crippen molar-refractivity contribution in [1.29, 1.82) is 0 Å². The van der Waals surface area contributed by atoms with Crippen molar-refractivity contribution in [2.75, 3.05) is 27.2 Å². The first-order chi connectivity index (χ1) is 13.5. The third-order valence-electron chi connectivity index (χ3n) is 5.11. The molecule has 0 aliphatic carbocycles. The Morgan fingerprint density at radius 1 is 1.11 bits per heavy atom. The smallest absolute Gasteiger partial charge is 0.290 e. The molecule has 1 aliphatic rings. The Morgan fingerprint density at radius 3 is 2.64 bits per heavy atom. The Kier molecular flexibility index (Phi) is 4.96. The Bertz CT molecular complexity index is 1110. The Morgan fingerprint density at radius 2 is 1.89 bits per heavy atom. The molecule has 0 saturated carbocycles. The molecule has 2 heterocycles. The highest BCUT2D eigenvalue weighted by Gasteiger charge is 2.42. The van der Waals surface area contributed by atoms with E-state index in [1.165, 1.54) is 4.90 Å². The summed E-state index contributed by atoms with van der Waals surface area (Å²) in [4.78, 5) is 29.5. The maximum absolute atomic E-state index is 13.3. The molecule has 3 aromatic rings. The number of nitrogens with one attached hydrogen (secondary N) is 1. The molecule has 5 nitrogen and oxygen atoms in total. The Balaban J connectivity index is 1.88. The van der Waals surface area contributed by atoms with E-state index in [1.807, 2.05) is 18.2 Å². The molecule has 1 aromatic heterocycles. The first-order valence-electron chi connectivity index (χ1n) is 9.38. The van der Waals surface area contributed by atoms with Gasteiger partial charge >= 0.3 is 0 Å². The second kappa shape index (κ2) is 7.41. The van der Waals surface area contributed by atoms with Gasteiger partial charge in [0.15, 0.2) is 5.43 Å². The van der Waals surface area contributed by atoms with E-state index in [2.05, 4.69) is 14.1 Å². The van der Waals surface area contributed by atoms with Crippen LogP contribution < -0.4 is 10.3 Å². The first kappa shape index (κ1) is 18.7. The number of amides is 1. The van der Waals surface area contributed by atoms with Crippen molar-refractivity contribution in [3.05, 3.63) is 80.7 Å². The molecule has 0 spiro atoms. The van der Waals surface area contributed by atoms with Crippen LogP contribution >= 0.6 is 11.6 Å². The van der Waals surface area contributed by atoms with Crippen LogP contribution in [-0.4, -0.2) is 38.0 Å². The zero-order valence-corrected chi connectivity index (χ0v) is 16.6. The van der Waals surface area contributed by atoms with Gasteiger partial charge in [-0.2, -0.15) is 0 Å². The fourth-order valence-corrected chi connectivity index (χ4v) is 4.02. The summed E-state index contributed by atoms with van der Waals surface area (Å²) in [5, 5.41) is 1.06. The molecule has 1 atom stereocenters. The van der Waals surface area contributed by atoms with E-state index in [9.17, 15) is 9.59 Å². The van der Waals surface area contributed by atoms with Crippen molar-refractivity contribution in [3.8, 4) is 0 Å². The lowest BCUT2D eigenvalue weighted by molar-refractivity contribution is -0.858. The molecule has 0 saturated heterocycles. The highest BCUT2D eigenvalue weighted by Crippen LogP contribution is 2.38. The highest BCUT2D eigenvalue weighted by molar-refractivity contribution is 6.30. The molecule has 1 amide bonds. The quantitative estimate of drug-likeness (QED) is 0.719. The summed E-state index contributed by atoms with van der Waals surface area (Å²) in [5.41, 5.74) is 1.50. The Hall–Kier alpha value is -2.63. The van der Waals surface area contributed by atoms with Gasteiger partial charge < -0.3 is 14.2 Å². The third-order valence-corrected chi connectivity index (χ3v) is 5.35. The number of fused-ring (bicyclic) bond motifs is 2. The van der Waals surface area contributed by atoms with Crippen molar-refractivity contribution < 1.29 is 14.1 Å². The summed E-state index contributed by atoms with van der Waals surface area (Å²) >= 11 is 6.21. The van der Waals surface area contributed by atoms with Crippen LogP contribution in [0.1, 0.15) is 34.1 Å². The van der Waals surface area contributed by atoms with E-state index in [0.29, 0.717) is 28.1 Å². The van der Waals surface area contributed by atoms with Gasteiger partial charge in [-0.05, 0) is 29.8 Å². The number of para-hydroxylation sites is 1. The fraction of sp³-hybridized carbons (Fsp3) is 0.273. The largest absolute Gasteiger partial charge is 0.450 e. The molecule has 1 aliphatic heterocycles. The maximum Gasteiger partial charge on any atom is 0.290 e. The maximum atomic E-state index is 13.3. The lowest BCUT2D eigenvalue weighted by Crippen LogP contribution is -3.05. The van der Waals surface area contributed by atoms with Crippen LogP contribution in [0.5, 0.6) is 0 Å². The third kappa shape index (κ3) is 3.21. The van der Waals surface area contributed by atoms with Crippen molar-refractivity contribution in [2.24, 2.45) is 0 Å². The van der Waals surface area contributed by atoms with Crippen molar-refractivity contribution >= 4 is 28.5 Å². The van der Waals surface area contributed by atoms with Crippen LogP contribution in [0.15, 0.2) is 57.7 Å². The molecule has 6 heteroatoms. The summed E-state index contributed by atoms with van der Waals surface area (Å²) in [6.45, 7) is 1.47. The van der Waals surface area contributed by atoms with Crippen LogP contribution in [0.4, 0.5) is 0 Å². The van der Waals surface area contributed by atoms with Crippen LogP contribution in [0.25, 0.3) is 11.0 Å².